The number of ether oxygens (including phenoxy) is 1. The standard InChI is InChI=1S/C13H11F3N4O/c14-13(15,16)21-10-3-1-2-8(6-10)12(19)20-7-9(17)4-5-11(20)18/h1-7,18-19H,17H2. The maximum absolute atomic E-state index is 12.2. The van der Waals surface area contributed by atoms with Gasteiger partial charge in [0.05, 0.1) is 0 Å². The third-order valence-electron chi connectivity index (χ3n) is 2.55. The van der Waals surface area contributed by atoms with Crippen LogP contribution in [0.5, 0.6) is 5.75 Å². The van der Waals surface area contributed by atoms with E-state index in [1.165, 1.54) is 30.5 Å². The first-order valence-electron chi connectivity index (χ1n) is 5.74. The summed E-state index contributed by atoms with van der Waals surface area (Å²) in [5.41, 5.74) is 6.06. The first-order chi connectivity index (χ1) is 9.76. The molecule has 1 aromatic heterocycles. The summed E-state index contributed by atoms with van der Waals surface area (Å²) >= 11 is 0. The molecule has 0 atom stereocenters. The van der Waals surface area contributed by atoms with Gasteiger partial charge in [-0.1, -0.05) is 12.1 Å². The first-order valence-corrected chi connectivity index (χ1v) is 5.74. The Morgan fingerprint density at radius 2 is 1.90 bits per heavy atom. The van der Waals surface area contributed by atoms with Gasteiger partial charge >= 0.3 is 6.36 Å². The van der Waals surface area contributed by atoms with Crippen molar-refractivity contribution < 1.29 is 17.9 Å². The highest BCUT2D eigenvalue weighted by Crippen LogP contribution is 2.23. The Morgan fingerprint density at radius 1 is 1.19 bits per heavy atom. The number of pyridine rings is 1. The maximum Gasteiger partial charge on any atom is 0.573 e. The molecule has 5 nitrogen and oxygen atoms in total. The zero-order valence-corrected chi connectivity index (χ0v) is 10.6. The average molecular weight is 296 g/mol. The monoisotopic (exact) mass is 296 g/mol. The van der Waals surface area contributed by atoms with Crippen molar-refractivity contribution in [1.29, 1.82) is 10.8 Å². The second kappa shape index (κ2) is 5.31. The Labute approximate surface area is 117 Å². The van der Waals surface area contributed by atoms with Gasteiger partial charge in [-0.15, -0.1) is 13.2 Å². The number of nitrogens with two attached hydrogens (primary N) is 1. The largest absolute Gasteiger partial charge is 0.573 e. The van der Waals surface area contributed by atoms with Gasteiger partial charge in [-0.25, -0.2) is 0 Å². The summed E-state index contributed by atoms with van der Waals surface area (Å²) in [5, 5.41) is 15.7. The molecule has 0 amide bonds. The van der Waals surface area contributed by atoms with Crippen LogP contribution in [0.4, 0.5) is 18.9 Å². The molecular weight excluding hydrogens is 285 g/mol. The number of nitrogens with one attached hydrogen (secondary N) is 2. The van der Waals surface area contributed by atoms with E-state index in [1.807, 2.05) is 0 Å². The van der Waals surface area contributed by atoms with Crippen LogP contribution in [0, 0.1) is 10.8 Å². The summed E-state index contributed by atoms with van der Waals surface area (Å²) in [6.07, 6.45) is -3.45. The number of hydrogen-bond donors (Lipinski definition) is 3. The van der Waals surface area contributed by atoms with Crippen LogP contribution in [-0.2, 0) is 0 Å². The van der Waals surface area contributed by atoms with E-state index in [1.54, 1.807) is 0 Å². The van der Waals surface area contributed by atoms with Gasteiger partial charge in [0.2, 0.25) is 0 Å². The van der Waals surface area contributed by atoms with E-state index in [0.717, 1.165) is 16.7 Å². The molecule has 1 heterocycles. The number of benzene rings is 1. The zero-order chi connectivity index (χ0) is 15.6. The molecule has 0 fully saturated rings. The zero-order valence-electron chi connectivity index (χ0n) is 10.6. The van der Waals surface area contributed by atoms with E-state index in [9.17, 15) is 13.2 Å². The van der Waals surface area contributed by atoms with Crippen LogP contribution in [-0.4, -0.2) is 16.8 Å². The summed E-state index contributed by atoms with van der Waals surface area (Å²) in [7, 11) is 0. The average Bonchev–Trinajstić information content (AvgIpc) is 2.39. The van der Waals surface area contributed by atoms with Crippen LogP contribution in [0.2, 0.25) is 0 Å². The molecule has 21 heavy (non-hydrogen) atoms. The molecule has 0 spiro atoms. The summed E-state index contributed by atoms with van der Waals surface area (Å²) < 4.78 is 41.5. The summed E-state index contributed by atoms with van der Waals surface area (Å²) in [4.78, 5) is 0. The van der Waals surface area contributed by atoms with Crippen molar-refractivity contribution in [2.45, 2.75) is 6.36 Å². The maximum atomic E-state index is 12.2. The fourth-order valence-corrected chi connectivity index (χ4v) is 1.68. The molecule has 2 aromatic rings. The highest BCUT2D eigenvalue weighted by atomic mass is 19.4. The van der Waals surface area contributed by atoms with Crippen molar-refractivity contribution in [1.82, 2.24) is 4.57 Å². The molecular formula is C13H11F3N4O. The molecule has 0 saturated heterocycles. The number of alkyl halides is 3. The lowest BCUT2D eigenvalue weighted by Gasteiger charge is -2.12. The molecule has 4 N–H and O–H groups in total. The smallest absolute Gasteiger partial charge is 0.406 e. The van der Waals surface area contributed by atoms with E-state index in [0.29, 0.717) is 5.69 Å². The number of nitrogen functional groups attached to an aromatic ring is 1. The van der Waals surface area contributed by atoms with Crippen molar-refractivity contribution in [2.24, 2.45) is 0 Å². The van der Waals surface area contributed by atoms with E-state index in [4.69, 9.17) is 16.6 Å². The predicted molar refractivity (Wildman–Crippen MR) is 70.1 cm³/mol. The third-order valence-corrected chi connectivity index (χ3v) is 2.55. The van der Waals surface area contributed by atoms with Crippen molar-refractivity contribution in [3.63, 3.8) is 0 Å². The highest BCUT2D eigenvalue weighted by Gasteiger charge is 2.31. The van der Waals surface area contributed by atoms with Gasteiger partial charge in [-0.2, -0.15) is 0 Å². The topological polar surface area (TPSA) is 87.9 Å². The highest BCUT2D eigenvalue weighted by molar-refractivity contribution is 5.98. The Balaban J connectivity index is 2.38. The minimum absolute atomic E-state index is 0.0173. The quantitative estimate of drug-likeness (QED) is 0.586. The van der Waals surface area contributed by atoms with Crippen molar-refractivity contribution in [3.05, 3.63) is 53.6 Å². The molecule has 8 heteroatoms. The number of aromatic nitrogens is 1. The SMILES string of the molecule is N=C(c1cccc(OC(F)(F)F)c1)n1cc(N)ccc1=N. The number of rotatable bonds is 2. The Morgan fingerprint density at radius 3 is 2.57 bits per heavy atom. The van der Waals surface area contributed by atoms with Crippen molar-refractivity contribution in [3.8, 4) is 5.75 Å². The van der Waals surface area contributed by atoms with Crippen LogP contribution in [0.1, 0.15) is 5.56 Å². The number of halogens is 3. The molecule has 0 aliphatic carbocycles. The van der Waals surface area contributed by atoms with Crippen molar-refractivity contribution in [2.75, 3.05) is 5.73 Å². The molecule has 0 saturated carbocycles. The Bertz CT molecular complexity index is 737. The normalized spacial score (nSPS) is 11.2. The van der Waals surface area contributed by atoms with Crippen LogP contribution >= 0.6 is 0 Å². The molecule has 0 unspecified atom stereocenters. The second-order valence-electron chi connectivity index (χ2n) is 4.14. The molecule has 0 aliphatic heterocycles. The van der Waals surface area contributed by atoms with E-state index >= 15 is 0 Å². The van der Waals surface area contributed by atoms with E-state index in [2.05, 4.69) is 4.74 Å². The predicted octanol–water partition coefficient (Wildman–Crippen LogP) is 2.32. The fourth-order valence-electron chi connectivity index (χ4n) is 1.68. The Hall–Kier alpha value is -2.77. The Kier molecular flexibility index (Phi) is 3.70. The summed E-state index contributed by atoms with van der Waals surface area (Å²) in [6, 6.07) is 7.87. The minimum Gasteiger partial charge on any atom is -0.406 e. The molecule has 110 valence electrons. The molecule has 0 aliphatic rings. The first kappa shape index (κ1) is 14.6. The van der Waals surface area contributed by atoms with E-state index in [-0.39, 0.29) is 16.9 Å². The second-order valence-corrected chi connectivity index (χ2v) is 4.14. The molecule has 1 aromatic carbocycles. The fraction of sp³-hybridized carbons (Fsp3) is 0.0769. The van der Waals surface area contributed by atoms with Gasteiger partial charge in [0.1, 0.15) is 17.1 Å². The van der Waals surface area contributed by atoms with Crippen LogP contribution in [0.25, 0.3) is 0 Å². The van der Waals surface area contributed by atoms with Gasteiger partial charge in [-0.05, 0) is 24.3 Å². The molecule has 0 radical (unpaired) electrons. The summed E-state index contributed by atoms with van der Waals surface area (Å²) in [6.45, 7) is 0. The lowest BCUT2D eigenvalue weighted by atomic mass is 10.2. The minimum atomic E-state index is -4.80. The van der Waals surface area contributed by atoms with Gasteiger partial charge in [-0.3, -0.25) is 15.4 Å². The lowest BCUT2D eigenvalue weighted by molar-refractivity contribution is -0.274. The van der Waals surface area contributed by atoms with Gasteiger partial charge in [0.25, 0.3) is 0 Å². The van der Waals surface area contributed by atoms with Gasteiger partial charge < -0.3 is 10.5 Å². The number of nitrogens with zero attached hydrogens (tertiary/aromatic N) is 1. The number of hydrogen-bond acceptors (Lipinski definition) is 4. The van der Waals surface area contributed by atoms with E-state index < -0.39 is 12.1 Å². The number of anilines is 1. The third kappa shape index (κ3) is 3.62. The van der Waals surface area contributed by atoms with Gasteiger partial charge in [0, 0.05) is 17.4 Å². The van der Waals surface area contributed by atoms with Crippen LogP contribution < -0.4 is 16.0 Å². The van der Waals surface area contributed by atoms with Crippen LogP contribution in [0.15, 0.2) is 42.6 Å². The van der Waals surface area contributed by atoms with Gasteiger partial charge in [0.15, 0.2) is 0 Å². The van der Waals surface area contributed by atoms with Crippen molar-refractivity contribution >= 4 is 11.5 Å². The summed E-state index contributed by atoms with van der Waals surface area (Å²) in [5.74, 6) is -0.610. The molecule has 2 rings (SSSR count). The van der Waals surface area contributed by atoms with Crippen LogP contribution in [0.3, 0.4) is 0 Å². The lowest BCUT2D eigenvalue weighted by Crippen LogP contribution is -2.26. The molecule has 0 bridgehead atoms.